The number of hydrogen-bond donors (Lipinski definition) is 1. The second kappa shape index (κ2) is 3.70. The number of pyridine rings is 1. The third-order valence-electron chi connectivity index (χ3n) is 1.42. The monoisotopic (exact) mass is 224 g/mol. The number of H-pyrrole nitrogens is 1. The number of rotatable bonds is 2. The molecular weight excluding hydrogens is 222 g/mol. The van der Waals surface area contributed by atoms with Crippen LogP contribution in [0.1, 0.15) is 12.0 Å². The minimum absolute atomic E-state index is 0.536. The molecule has 0 aliphatic rings. The van der Waals surface area contributed by atoms with Crippen molar-refractivity contribution in [3.8, 4) is 0 Å². The van der Waals surface area contributed by atoms with E-state index in [4.69, 9.17) is 11.6 Å². The maximum atomic E-state index is 12.2. The zero-order valence-electron chi connectivity index (χ0n) is 6.46. The lowest BCUT2D eigenvalue weighted by molar-refractivity contribution is -0.389. The molecule has 5 nitrogen and oxygen atoms in total. The summed E-state index contributed by atoms with van der Waals surface area (Å²) in [6, 6.07) is 0.536. The average Bonchev–Trinajstić information content (AvgIpc) is 2.08. The number of hydrogen-bond acceptors (Lipinski definition) is 3. The van der Waals surface area contributed by atoms with Crippen molar-refractivity contribution in [3.05, 3.63) is 37.1 Å². The van der Waals surface area contributed by atoms with E-state index < -0.39 is 33.3 Å². The Kier molecular flexibility index (Phi) is 2.80. The molecular formula is C6H3ClF2N2O3. The van der Waals surface area contributed by atoms with Crippen molar-refractivity contribution in [1.82, 2.24) is 4.98 Å². The Labute approximate surface area is 80.5 Å². The number of aromatic amines is 1. The maximum Gasteiger partial charge on any atom is 0.351 e. The summed E-state index contributed by atoms with van der Waals surface area (Å²) in [7, 11) is 0. The number of aromatic nitrogens is 1. The molecule has 0 atom stereocenters. The Bertz CT molecular complexity index is 432. The van der Waals surface area contributed by atoms with Crippen molar-refractivity contribution >= 4 is 17.4 Å². The third kappa shape index (κ3) is 1.87. The zero-order valence-corrected chi connectivity index (χ0v) is 7.22. The molecule has 1 aromatic heterocycles. The van der Waals surface area contributed by atoms with Crippen molar-refractivity contribution < 1.29 is 13.7 Å². The van der Waals surface area contributed by atoms with E-state index in [1.165, 1.54) is 0 Å². The first-order valence-corrected chi connectivity index (χ1v) is 3.66. The lowest BCUT2D eigenvalue weighted by Gasteiger charge is -2.00. The summed E-state index contributed by atoms with van der Waals surface area (Å²) in [5, 5.41) is 9.46. The summed E-state index contributed by atoms with van der Waals surface area (Å²) in [5.41, 5.74) is -1.95. The van der Waals surface area contributed by atoms with E-state index in [9.17, 15) is 23.7 Å². The van der Waals surface area contributed by atoms with Crippen molar-refractivity contribution in [2.45, 2.75) is 6.43 Å². The highest BCUT2D eigenvalue weighted by Gasteiger charge is 2.20. The van der Waals surface area contributed by atoms with E-state index in [2.05, 4.69) is 0 Å². The fraction of sp³-hybridized carbons (Fsp3) is 0.167. The van der Waals surface area contributed by atoms with Gasteiger partial charge in [-0.2, -0.15) is 0 Å². The number of alkyl halides is 2. The van der Waals surface area contributed by atoms with Gasteiger partial charge in [0.15, 0.2) is 0 Å². The molecule has 0 unspecified atom stereocenters. The van der Waals surface area contributed by atoms with Crippen LogP contribution < -0.4 is 5.56 Å². The number of halogens is 3. The van der Waals surface area contributed by atoms with Crippen LogP contribution >= 0.6 is 11.6 Å². The first-order valence-electron chi connectivity index (χ1n) is 3.28. The SMILES string of the molecule is O=c1[nH]c([N+](=O)[O-])cc(C(F)F)c1Cl. The Morgan fingerprint density at radius 3 is 2.57 bits per heavy atom. The molecule has 8 heteroatoms. The van der Waals surface area contributed by atoms with Crippen LogP contribution in [-0.2, 0) is 0 Å². The standard InChI is InChI=1S/C6H3ClF2N2O3/c7-4-2(5(8)9)1-3(11(13)14)10-6(4)12/h1,5H,(H,10,12). The van der Waals surface area contributed by atoms with Gasteiger partial charge in [0, 0.05) is 6.07 Å². The molecule has 14 heavy (non-hydrogen) atoms. The van der Waals surface area contributed by atoms with E-state index in [-0.39, 0.29) is 0 Å². The Morgan fingerprint density at radius 1 is 1.57 bits per heavy atom. The van der Waals surface area contributed by atoms with Gasteiger partial charge in [0.2, 0.25) is 0 Å². The molecule has 1 N–H and O–H groups in total. The van der Waals surface area contributed by atoms with Crippen LogP contribution in [0.3, 0.4) is 0 Å². The summed E-state index contributed by atoms with van der Waals surface area (Å²) >= 11 is 5.22. The largest absolute Gasteiger partial charge is 0.358 e. The van der Waals surface area contributed by atoms with Gasteiger partial charge in [-0.05, 0) is 4.92 Å². The molecule has 1 aromatic rings. The first-order chi connectivity index (χ1) is 6.43. The van der Waals surface area contributed by atoms with Gasteiger partial charge in [0.1, 0.15) is 5.02 Å². The molecule has 0 spiro atoms. The van der Waals surface area contributed by atoms with Crippen molar-refractivity contribution in [1.29, 1.82) is 0 Å². The molecule has 0 amide bonds. The highest BCUT2D eigenvalue weighted by Crippen LogP contribution is 2.26. The normalized spacial score (nSPS) is 10.6. The Hall–Kier alpha value is -1.50. The molecule has 0 saturated heterocycles. The van der Waals surface area contributed by atoms with Crippen LogP contribution in [-0.4, -0.2) is 9.91 Å². The van der Waals surface area contributed by atoms with Crippen LogP contribution in [0.5, 0.6) is 0 Å². The summed E-state index contributed by atoms with van der Waals surface area (Å²) in [6.45, 7) is 0. The van der Waals surface area contributed by atoms with Crippen molar-refractivity contribution in [2.75, 3.05) is 0 Å². The van der Waals surface area contributed by atoms with E-state index in [0.29, 0.717) is 6.07 Å². The molecule has 0 saturated carbocycles. The Morgan fingerprint density at radius 2 is 2.14 bits per heavy atom. The van der Waals surface area contributed by atoms with Crippen LogP contribution in [0.4, 0.5) is 14.6 Å². The second-order valence-electron chi connectivity index (χ2n) is 2.31. The van der Waals surface area contributed by atoms with E-state index in [1.54, 1.807) is 4.98 Å². The smallest absolute Gasteiger partial charge is 0.351 e. The molecule has 0 aliphatic heterocycles. The molecule has 76 valence electrons. The molecule has 0 radical (unpaired) electrons. The van der Waals surface area contributed by atoms with Crippen molar-refractivity contribution in [2.24, 2.45) is 0 Å². The fourth-order valence-corrected chi connectivity index (χ4v) is 0.990. The number of nitro groups is 1. The van der Waals surface area contributed by atoms with Crippen LogP contribution in [0.15, 0.2) is 10.9 Å². The van der Waals surface area contributed by atoms with Crippen LogP contribution in [0.25, 0.3) is 0 Å². The summed E-state index contributed by atoms with van der Waals surface area (Å²) in [4.78, 5) is 21.8. The lowest BCUT2D eigenvalue weighted by atomic mass is 10.2. The molecule has 0 fully saturated rings. The third-order valence-corrected chi connectivity index (χ3v) is 1.81. The first kappa shape index (κ1) is 10.6. The maximum absolute atomic E-state index is 12.2. The topological polar surface area (TPSA) is 76.0 Å². The molecule has 0 bridgehead atoms. The van der Waals surface area contributed by atoms with Gasteiger partial charge >= 0.3 is 11.4 Å². The van der Waals surface area contributed by atoms with Gasteiger partial charge in [-0.3, -0.25) is 0 Å². The van der Waals surface area contributed by atoms with Gasteiger partial charge in [-0.1, -0.05) is 11.6 Å². The van der Waals surface area contributed by atoms with Gasteiger partial charge in [-0.15, -0.1) is 0 Å². The molecule has 0 aliphatic carbocycles. The summed E-state index contributed by atoms with van der Waals surface area (Å²) in [6.07, 6.45) is -3.02. The predicted octanol–water partition coefficient (Wildman–Crippen LogP) is 1.87. The van der Waals surface area contributed by atoms with E-state index in [1.807, 2.05) is 0 Å². The van der Waals surface area contributed by atoms with Gasteiger partial charge in [-0.25, -0.2) is 18.6 Å². The van der Waals surface area contributed by atoms with Crippen LogP contribution in [0.2, 0.25) is 5.02 Å². The van der Waals surface area contributed by atoms with E-state index in [0.717, 1.165) is 0 Å². The highest BCUT2D eigenvalue weighted by atomic mass is 35.5. The van der Waals surface area contributed by atoms with E-state index >= 15 is 0 Å². The summed E-state index contributed by atoms with van der Waals surface area (Å²) in [5.74, 6) is -0.810. The van der Waals surface area contributed by atoms with Crippen molar-refractivity contribution in [3.63, 3.8) is 0 Å². The molecule has 1 heterocycles. The highest BCUT2D eigenvalue weighted by molar-refractivity contribution is 6.31. The lowest BCUT2D eigenvalue weighted by Crippen LogP contribution is -2.11. The van der Waals surface area contributed by atoms with Gasteiger partial charge < -0.3 is 10.1 Å². The van der Waals surface area contributed by atoms with Gasteiger partial charge in [0.05, 0.1) is 5.56 Å². The second-order valence-corrected chi connectivity index (χ2v) is 2.69. The Balaban J connectivity index is 3.43. The minimum Gasteiger partial charge on any atom is -0.358 e. The number of nitrogens with one attached hydrogen (secondary N) is 1. The average molecular weight is 225 g/mol. The predicted molar refractivity (Wildman–Crippen MR) is 43.7 cm³/mol. The van der Waals surface area contributed by atoms with Gasteiger partial charge in [0.25, 0.3) is 6.43 Å². The minimum atomic E-state index is -3.02. The summed E-state index contributed by atoms with van der Waals surface area (Å²) < 4.78 is 24.4. The van der Waals surface area contributed by atoms with Crippen LogP contribution in [0, 0.1) is 10.1 Å². The quantitative estimate of drug-likeness (QED) is 0.615. The molecule has 1 rings (SSSR count). The number of nitrogens with zero attached hydrogens (tertiary/aromatic N) is 1. The molecule has 0 aromatic carbocycles. The fourth-order valence-electron chi connectivity index (χ4n) is 0.806. The zero-order chi connectivity index (χ0) is 10.9.